The molecule has 0 saturated heterocycles. The number of thioether (sulfide) groups is 1. The summed E-state index contributed by atoms with van der Waals surface area (Å²) < 4.78 is 0. The number of hydrogen-bond acceptors (Lipinski definition) is 2. The van der Waals surface area contributed by atoms with Gasteiger partial charge in [0.05, 0.1) is 0 Å². The van der Waals surface area contributed by atoms with Gasteiger partial charge < -0.3 is 5.32 Å². The molecule has 2 rings (SSSR count). The molecule has 1 aliphatic carbocycles. The standard InChI is InChI=1S/C14H21NS/c1-2-7-13(8-3-1)15-11-6-12-16-14-9-4-5-10-14/h1-3,7-8,14-15H,4-6,9-12H2. The summed E-state index contributed by atoms with van der Waals surface area (Å²) in [6, 6.07) is 10.5. The Kier molecular flexibility index (Phi) is 5.07. The fourth-order valence-electron chi connectivity index (χ4n) is 2.17. The van der Waals surface area contributed by atoms with Crippen molar-refractivity contribution >= 4 is 17.4 Å². The van der Waals surface area contributed by atoms with Gasteiger partial charge in [-0.15, -0.1) is 0 Å². The van der Waals surface area contributed by atoms with Crippen molar-refractivity contribution in [3.63, 3.8) is 0 Å². The third kappa shape index (κ3) is 4.09. The maximum atomic E-state index is 3.46. The van der Waals surface area contributed by atoms with Crippen LogP contribution in [-0.2, 0) is 0 Å². The first-order valence-electron chi connectivity index (χ1n) is 6.36. The molecule has 0 radical (unpaired) electrons. The SMILES string of the molecule is c1ccc(NCCCSC2CCCC2)cc1. The summed E-state index contributed by atoms with van der Waals surface area (Å²) in [6.45, 7) is 1.10. The molecule has 88 valence electrons. The highest BCUT2D eigenvalue weighted by atomic mass is 32.2. The summed E-state index contributed by atoms with van der Waals surface area (Å²) in [5.74, 6) is 1.31. The Labute approximate surface area is 103 Å². The van der Waals surface area contributed by atoms with Gasteiger partial charge in [0.25, 0.3) is 0 Å². The Bertz CT molecular complexity index is 280. The largest absolute Gasteiger partial charge is 0.385 e. The van der Waals surface area contributed by atoms with E-state index in [1.165, 1.54) is 43.5 Å². The van der Waals surface area contributed by atoms with E-state index in [-0.39, 0.29) is 0 Å². The molecule has 1 fully saturated rings. The van der Waals surface area contributed by atoms with Crippen LogP contribution in [0.2, 0.25) is 0 Å². The van der Waals surface area contributed by atoms with Crippen molar-refractivity contribution in [3.05, 3.63) is 30.3 Å². The third-order valence-corrected chi connectivity index (χ3v) is 4.55. The van der Waals surface area contributed by atoms with E-state index in [0.717, 1.165) is 11.8 Å². The van der Waals surface area contributed by atoms with Crippen LogP contribution in [0.15, 0.2) is 30.3 Å². The molecule has 0 aromatic heterocycles. The van der Waals surface area contributed by atoms with Crippen LogP contribution < -0.4 is 5.32 Å². The molecule has 0 spiro atoms. The van der Waals surface area contributed by atoms with Gasteiger partial charge in [-0.2, -0.15) is 11.8 Å². The van der Waals surface area contributed by atoms with Gasteiger partial charge in [0.2, 0.25) is 0 Å². The molecule has 0 amide bonds. The molecule has 1 saturated carbocycles. The predicted octanol–water partition coefficient (Wildman–Crippen LogP) is 4.16. The Morgan fingerprint density at radius 1 is 1.12 bits per heavy atom. The lowest BCUT2D eigenvalue weighted by Gasteiger charge is -2.09. The van der Waals surface area contributed by atoms with E-state index in [2.05, 4.69) is 47.4 Å². The Hall–Kier alpha value is -0.630. The topological polar surface area (TPSA) is 12.0 Å². The number of rotatable bonds is 6. The maximum Gasteiger partial charge on any atom is 0.0340 e. The molecule has 0 unspecified atom stereocenters. The Morgan fingerprint density at radius 2 is 1.88 bits per heavy atom. The van der Waals surface area contributed by atoms with Gasteiger partial charge in [0.15, 0.2) is 0 Å². The van der Waals surface area contributed by atoms with Gasteiger partial charge in [-0.1, -0.05) is 31.0 Å². The fraction of sp³-hybridized carbons (Fsp3) is 0.571. The van der Waals surface area contributed by atoms with Crippen LogP contribution in [0.4, 0.5) is 5.69 Å². The molecule has 0 bridgehead atoms. The van der Waals surface area contributed by atoms with Crippen LogP contribution in [0.1, 0.15) is 32.1 Å². The number of para-hydroxylation sites is 1. The molecule has 0 atom stereocenters. The van der Waals surface area contributed by atoms with Gasteiger partial charge in [0, 0.05) is 17.5 Å². The number of anilines is 1. The van der Waals surface area contributed by atoms with Crippen LogP contribution in [0, 0.1) is 0 Å². The highest BCUT2D eigenvalue weighted by Crippen LogP contribution is 2.29. The molecule has 16 heavy (non-hydrogen) atoms. The summed E-state index contributed by atoms with van der Waals surface area (Å²) >= 11 is 2.18. The van der Waals surface area contributed by atoms with E-state index in [4.69, 9.17) is 0 Å². The van der Waals surface area contributed by atoms with E-state index in [9.17, 15) is 0 Å². The average molecular weight is 235 g/mol. The summed E-state index contributed by atoms with van der Waals surface area (Å²) in [6.07, 6.45) is 7.10. The van der Waals surface area contributed by atoms with Crippen molar-refractivity contribution in [3.8, 4) is 0 Å². The quantitative estimate of drug-likeness (QED) is 0.743. The van der Waals surface area contributed by atoms with Gasteiger partial charge >= 0.3 is 0 Å². The molecule has 1 N–H and O–H groups in total. The van der Waals surface area contributed by atoms with Crippen LogP contribution in [0.25, 0.3) is 0 Å². The summed E-state index contributed by atoms with van der Waals surface area (Å²) in [5, 5.41) is 4.43. The zero-order valence-corrected chi connectivity index (χ0v) is 10.6. The lowest BCUT2D eigenvalue weighted by Crippen LogP contribution is -2.04. The highest BCUT2D eigenvalue weighted by Gasteiger charge is 2.14. The van der Waals surface area contributed by atoms with E-state index < -0.39 is 0 Å². The molecule has 2 heteroatoms. The molecule has 1 nitrogen and oxygen atoms in total. The maximum absolute atomic E-state index is 3.46. The lowest BCUT2D eigenvalue weighted by atomic mass is 10.3. The van der Waals surface area contributed by atoms with Crippen molar-refractivity contribution in [2.75, 3.05) is 17.6 Å². The van der Waals surface area contributed by atoms with Gasteiger partial charge in [-0.3, -0.25) is 0 Å². The van der Waals surface area contributed by atoms with Crippen LogP contribution in [0.5, 0.6) is 0 Å². The fourth-order valence-corrected chi connectivity index (χ4v) is 3.48. The van der Waals surface area contributed by atoms with E-state index in [1.807, 2.05) is 0 Å². The molecule has 1 aromatic carbocycles. The minimum atomic E-state index is 0.969. The van der Waals surface area contributed by atoms with Crippen molar-refractivity contribution < 1.29 is 0 Å². The second-order valence-electron chi connectivity index (χ2n) is 4.42. The van der Waals surface area contributed by atoms with E-state index in [0.29, 0.717) is 0 Å². The summed E-state index contributed by atoms with van der Waals surface area (Å²) in [4.78, 5) is 0. The second kappa shape index (κ2) is 6.85. The van der Waals surface area contributed by atoms with Crippen molar-refractivity contribution in [1.82, 2.24) is 0 Å². The number of nitrogens with one attached hydrogen (secondary N) is 1. The second-order valence-corrected chi connectivity index (χ2v) is 5.83. The third-order valence-electron chi connectivity index (χ3n) is 3.08. The van der Waals surface area contributed by atoms with Crippen molar-refractivity contribution in [1.29, 1.82) is 0 Å². The zero-order valence-electron chi connectivity index (χ0n) is 9.82. The van der Waals surface area contributed by atoms with E-state index in [1.54, 1.807) is 0 Å². The summed E-state index contributed by atoms with van der Waals surface area (Å²) in [5.41, 5.74) is 1.24. The lowest BCUT2D eigenvalue weighted by molar-refractivity contribution is 0.886. The normalized spacial score (nSPS) is 16.5. The number of hydrogen-bond donors (Lipinski definition) is 1. The van der Waals surface area contributed by atoms with Crippen LogP contribution in [0.3, 0.4) is 0 Å². The zero-order chi connectivity index (χ0) is 11.1. The summed E-state index contributed by atoms with van der Waals surface area (Å²) in [7, 11) is 0. The minimum Gasteiger partial charge on any atom is -0.385 e. The van der Waals surface area contributed by atoms with Gasteiger partial charge in [0.1, 0.15) is 0 Å². The monoisotopic (exact) mass is 235 g/mol. The van der Waals surface area contributed by atoms with Crippen LogP contribution >= 0.6 is 11.8 Å². The van der Waals surface area contributed by atoms with Crippen molar-refractivity contribution in [2.24, 2.45) is 0 Å². The average Bonchev–Trinajstić information content (AvgIpc) is 2.83. The Morgan fingerprint density at radius 3 is 2.62 bits per heavy atom. The minimum absolute atomic E-state index is 0.969. The first-order chi connectivity index (χ1) is 7.95. The van der Waals surface area contributed by atoms with Gasteiger partial charge in [-0.05, 0) is 37.1 Å². The molecule has 0 aliphatic heterocycles. The van der Waals surface area contributed by atoms with Crippen molar-refractivity contribution in [2.45, 2.75) is 37.4 Å². The highest BCUT2D eigenvalue weighted by molar-refractivity contribution is 7.99. The first-order valence-corrected chi connectivity index (χ1v) is 7.40. The Balaban J connectivity index is 1.52. The van der Waals surface area contributed by atoms with Gasteiger partial charge in [-0.25, -0.2) is 0 Å². The smallest absolute Gasteiger partial charge is 0.0340 e. The molecular weight excluding hydrogens is 214 g/mol. The molecule has 0 heterocycles. The molecule has 1 aromatic rings. The molecule has 1 aliphatic rings. The predicted molar refractivity (Wildman–Crippen MR) is 74.3 cm³/mol. The molecular formula is C14H21NS. The van der Waals surface area contributed by atoms with E-state index >= 15 is 0 Å². The van der Waals surface area contributed by atoms with Crippen LogP contribution in [-0.4, -0.2) is 17.5 Å². The number of benzene rings is 1. The first kappa shape index (κ1) is 11.8.